The normalized spacial score (nSPS) is 11.8. The smallest absolute Gasteiger partial charge is 0.140 e. The van der Waals surface area contributed by atoms with Gasteiger partial charge in [0.05, 0.1) is 5.69 Å². The van der Waals surface area contributed by atoms with Gasteiger partial charge in [-0.05, 0) is 40.2 Å². The summed E-state index contributed by atoms with van der Waals surface area (Å²) in [4.78, 5) is 4.02. The third-order valence-electron chi connectivity index (χ3n) is 2.92. The van der Waals surface area contributed by atoms with E-state index in [-0.39, 0.29) is 0 Å². The number of halogens is 1. The van der Waals surface area contributed by atoms with Crippen LogP contribution in [0.4, 0.5) is 0 Å². The Morgan fingerprint density at radius 2 is 1.95 bits per heavy atom. The highest BCUT2D eigenvalue weighted by Gasteiger charge is 2.12. The summed E-state index contributed by atoms with van der Waals surface area (Å²) in [7, 11) is -1.03. The quantitative estimate of drug-likeness (QED) is 0.581. The number of rotatable bonds is 6. The van der Waals surface area contributed by atoms with E-state index in [0.29, 0.717) is 6.73 Å². The molecule has 0 N–H and O–H groups in total. The van der Waals surface area contributed by atoms with Gasteiger partial charge in [-0.15, -0.1) is 0 Å². The molecule has 0 aliphatic rings. The van der Waals surface area contributed by atoms with E-state index in [1.807, 2.05) is 22.9 Å². The molecular formula is C14H20BrN3OSi. The van der Waals surface area contributed by atoms with Crippen LogP contribution in [0.15, 0.2) is 35.2 Å². The van der Waals surface area contributed by atoms with Crippen LogP contribution < -0.4 is 0 Å². The molecular weight excluding hydrogens is 334 g/mol. The van der Waals surface area contributed by atoms with Crippen LogP contribution in [0.5, 0.6) is 0 Å². The number of nitrogens with zero attached hydrogens (tertiary/aromatic N) is 3. The van der Waals surface area contributed by atoms with Crippen LogP contribution in [0.1, 0.15) is 0 Å². The summed E-state index contributed by atoms with van der Waals surface area (Å²) in [5.41, 5.74) is 1.98. The monoisotopic (exact) mass is 353 g/mol. The lowest BCUT2D eigenvalue weighted by molar-refractivity contribution is 0.0771. The molecule has 0 bridgehead atoms. The lowest BCUT2D eigenvalue weighted by atomic mass is 10.2. The number of hydrogen-bond donors (Lipinski definition) is 0. The SMILES string of the molecule is C[Si](C)(C)CCOCn1nc(-c2ccncc2)cc1Br. The number of hydrogen-bond acceptors (Lipinski definition) is 3. The lowest BCUT2D eigenvalue weighted by Crippen LogP contribution is -2.22. The molecule has 0 aliphatic heterocycles. The minimum absolute atomic E-state index is 0.482. The zero-order chi connectivity index (χ0) is 14.6. The van der Waals surface area contributed by atoms with Crippen molar-refractivity contribution in [2.24, 2.45) is 0 Å². The van der Waals surface area contributed by atoms with E-state index < -0.39 is 8.07 Å². The van der Waals surface area contributed by atoms with Gasteiger partial charge in [0.2, 0.25) is 0 Å². The van der Waals surface area contributed by atoms with Crippen molar-refractivity contribution in [3.63, 3.8) is 0 Å². The second kappa shape index (κ2) is 6.65. The van der Waals surface area contributed by atoms with E-state index in [4.69, 9.17) is 4.74 Å². The summed E-state index contributed by atoms with van der Waals surface area (Å²) in [5.74, 6) is 0. The van der Waals surface area contributed by atoms with Crippen molar-refractivity contribution in [2.75, 3.05) is 6.61 Å². The van der Waals surface area contributed by atoms with Crippen LogP contribution in [-0.2, 0) is 11.5 Å². The van der Waals surface area contributed by atoms with Gasteiger partial charge < -0.3 is 4.74 Å². The summed E-state index contributed by atoms with van der Waals surface area (Å²) in [5, 5.41) is 4.54. The maximum Gasteiger partial charge on any atom is 0.140 e. The highest BCUT2D eigenvalue weighted by molar-refractivity contribution is 9.10. The molecule has 2 rings (SSSR count). The lowest BCUT2D eigenvalue weighted by Gasteiger charge is -2.15. The van der Waals surface area contributed by atoms with E-state index in [9.17, 15) is 0 Å². The molecule has 2 aromatic rings. The fraction of sp³-hybridized carbons (Fsp3) is 0.429. The first-order chi connectivity index (χ1) is 9.46. The van der Waals surface area contributed by atoms with Crippen molar-refractivity contribution in [1.29, 1.82) is 0 Å². The second-order valence-corrected chi connectivity index (χ2v) is 12.4. The topological polar surface area (TPSA) is 39.9 Å². The van der Waals surface area contributed by atoms with Crippen molar-refractivity contribution in [3.05, 3.63) is 35.2 Å². The van der Waals surface area contributed by atoms with Gasteiger partial charge >= 0.3 is 0 Å². The van der Waals surface area contributed by atoms with Gasteiger partial charge in [0.1, 0.15) is 11.3 Å². The van der Waals surface area contributed by atoms with Crippen LogP contribution in [-0.4, -0.2) is 29.4 Å². The zero-order valence-electron chi connectivity index (χ0n) is 12.1. The number of pyridine rings is 1. The fourth-order valence-corrected chi connectivity index (χ4v) is 2.83. The van der Waals surface area contributed by atoms with E-state index in [1.165, 1.54) is 6.04 Å². The molecule has 0 spiro atoms. The fourth-order valence-electron chi connectivity index (χ4n) is 1.68. The second-order valence-electron chi connectivity index (χ2n) is 5.94. The van der Waals surface area contributed by atoms with E-state index in [0.717, 1.165) is 22.5 Å². The van der Waals surface area contributed by atoms with Crippen LogP contribution in [0, 0.1) is 0 Å². The highest BCUT2D eigenvalue weighted by Crippen LogP contribution is 2.21. The maximum absolute atomic E-state index is 5.72. The Morgan fingerprint density at radius 1 is 1.25 bits per heavy atom. The van der Waals surface area contributed by atoms with Crippen molar-refractivity contribution in [2.45, 2.75) is 32.4 Å². The molecule has 108 valence electrons. The van der Waals surface area contributed by atoms with Gasteiger partial charge in [0.25, 0.3) is 0 Å². The van der Waals surface area contributed by atoms with Gasteiger partial charge in [-0.2, -0.15) is 5.10 Å². The molecule has 20 heavy (non-hydrogen) atoms. The van der Waals surface area contributed by atoms with Crippen molar-refractivity contribution >= 4 is 24.0 Å². The minimum atomic E-state index is -1.03. The predicted octanol–water partition coefficient (Wildman–Crippen LogP) is 4.02. The summed E-state index contributed by atoms with van der Waals surface area (Å²) in [6, 6.07) is 7.07. The van der Waals surface area contributed by atoms with Gasteiger partial charge in [-0.3, -0.25) is 4.98 Å². The number of ether oxygens (including phenoxy) is 1. The molecule has 0 fully saturated rings. The summed E-state index contributed by atoms with van der Waals surface area (Å²) >= 11 is 3.52. The Balaban J connectivity index is 1.95. The van der Waals surface area contributed by atoms with Gasteiger partial charge in [0.15, 0.2) is 0 Å². The zero-order valence-corrected chi connectivity index (χ0v) is 14.7. The maximum atomic E-state index is 5.72. The third kappa shape index (κ3) is 4.54. The van der Waals surface area contributed by atoms with Crippen LogP contribution in [0.25, 0.3) is 11.3 Å². The average molecular weight is 354 g/mol. The predicted molar refractivity (Wildman–Crippen MR) is 87.3 cm³/mol. The Kier molecular flexibility index (Phi) is 5.12. The molecule has 0 unspecified atom stereocenters. The van der Waals surface area contributed by atoms with Gasteiger partial charge in [-0.1, -0.05) is 19.6 Å². The van der Waals surface area contributed by atoms with Gasteiger partial charge in [0, 0.05) is 32.6 Å². The molecule has 2 aromatic heterocycles. The average Bonchev–Trinajstić information content (AvgIpc) is 2.76. The Labute approximate surface area is 129 Å². The molecule has 0 atom stereocenters. The van der Waals surface area contributed by atoms with Crippen molar-refractivity contribution < 1.29 is 4.74 Å². The molecule has 0 radical (unpaired) electrons. The van der Waals surface area contributed by atoms with E-state index >= 15 is 0 Å². The molecule has 0 saturated heterocycles. The van der Waals surface area contributed by atoms with Crippen LogP contribution >= 0.6 is 15.9 Å². The van der Waals surface area contributed by atoms with Crippen molar-refractivity contribution in [3.8, 4) is 11.3 Å². The molecule has 2 heterocycles. The molecule has 0 aromatic carbocycles. The van der Waals surface area contributed by atoms with Crippen LogP contribution in [0.2, 0.25) is 25.7 Å². The molecule has 6 heteroatoms. The first kappa shape index (κ1) is 15.4. The first-order valence-corrected chi connectivity index (χ1v) is 11.2. The Bertz CT molecular complexity index is 551. The first-order valence-electron chi connectivity index (χ1n) is 6.67. The molecule has 4 nitrogen and oxygen atoms in total. The Morgan fingerprint density at radius 3 is 2.60 bits per heavy atom. The number of aromatic nitrogens is 3. The summed E-state index contributed by atoms with van der Waals surface area (Å²) in [6.45, 7) is 8.33. The van der Waals surface area contributed by atoms with Crippen molar-refractivity contribution in [1.82, 2.24) is 14.8 Å². The largest absolute Gasteiger partial charge is 0.359 e. The standard InChI is InChI=1S/C14H20BrN3OSi/c1-20(2,3)9-8-19-11-18-14(15)10-13(17-18)12-4-6-16-7-5-12/h4-7,10H,8-9,11H2,1-3H3. The summed E-state index contributed by atoms with van der Waals surface area (Å²) < 4.78 is 8.48. The molecule has 0 saturated carbocycles. The molecule has 0 amide bonds. The van der Waals surface area contributed by atoms with Gasteiger partial charge in [-0.25, -0.2) is 4.68 Å². The summed E-state index contributed by atoms with van der Waals surface area (Å²) in [6.07, 6.45) is 3.54. The van der Waals surface area contributed by atoms with E-state index in [2.05, 4.69) is 45.7 Å². The van der Waals surface area contributed by atoms with E-state index in [1.54, 1.807) is 12.4 Å². The minimum Gasteiger partial charge on any atom is -0.359 e. The highest BCUT2D eigenvalue weighted by atomic mass is 79.9. The third-order valence-corrected chi connectivity index (χ3v) is 5.26. The molecule has 0 aliphatic carbocycles. The Hall–Kier alpha value is -0.983. The van der Waals surface area contributed by atoms with Crippen LogP contribution in [0.3, 0.4) is 0 Å².